The molecule has 18 heavy (non-hydrogen) atoms. The first kappa shape index (κ1) is 13.8. The number of likely N-dealkylation sites (tertiary alicyclic amines) is 1. The van der Waals surface area contributed by atoms with Crippen LogP contribution in [0.4, 0.5) is 10.1 Å². The standard InChI is InChI=1S/C14H20BrFN2/c1-17-8-4-5-11(10-17)18(2)14-7-3-6-13(16)12(14)9-15/h3,6-7,11H,4-5,8-10H2,1-2H3. The minimum absolute atomic E-state index is 0.125. The van der Waals surface area contributed by atoms with Gasteiger partial charge in [0.15, 0.2) is 0 Å². The Labute approximate surface area is 117 Å². The van der Waals surface area contributed by atoms with Gasteiger partial charge in [-0.3, -0.25) is 0 Å². The highest BCUT2D eigenvalue weighted by molar-refractivity contribution is 9.08. The molecular weight excluding hydrogens is 295 g/mol. The molecule has 1 aromatic carbocycles. The van der Waals surface area contributed by atoms with Crippen molar-refractivity contribution in [1.82, 2.24) is 4.90 Å². The Balaban J connectivity index is 2.22. The van der Waals surface area contributed by atoms with Gasteiger partial charge >= 0.3 is 0 Å². The fraction of sp³-hybridized carbons (Fsp3) is 0.571. The maximum atomic E-state index is 13.8. The molecule has 0 saturated carbocycles. The number of benzene rings is 1. The Kier molecular flexibility index (Phi) is 4.62. The van der Waals surface area contributed by atoms with Crippen molar-refractivity contribution < 1.29 is 4.39 Å². The van der Waals surface area contributed by atoms with Crippen LogP contribution in [0.5, 0.6) is 0 Å². The molecule has 1 aliphatic rings. The number of nitrogens with zero attached hydrogens (tertiary/aromatic N) is 2. The first-order valence-corrected chi connectivity index (χ1v) is 7.50. The second-order valence-electron chi connectivity index (χ2n) is 5.04. The Morgan fingerprint density at radius 2 is 2.28 bits per heavy atom. The first-order valence-electron chi connectivity index (χ1n) is 6.38. The van der Waals surface area contributed by atoms with Crippen molar-refractivity contribution in [2.45, 2.75) is 24.2 Å². The molecule has 0 amide bonds. The Bertz CT molecular complexity index is 411. The van der Waals surface area contributed by atoms with E-state index >= 15 is 0 Å². The lowest BCUT2D eigenvalue weighted by molar-refractivity contribution is 0.248. The van der Waals surface area contributed by atoms with Crippen molar-refractivity contribution in [2.75, 3.05) is 32.1 Å². The van der Waals surface area contributed by atoms with Crippen LogP contribution in [0.1, 0.15) is 18.4 Å². The summed E-state index contributed by atoms with van der Waals surface area (Å²) in [5.41, 5.74) is 1.76. The molecule has 1 aliphatic heterocycles. The van der Waals surface area contributed by atoms with Gasteiger partial charge in [-0.2, -0.15) is 0 Å². The fourth-order valence-electron chi connectivity index (χ4n) is 2.66. The van der Waals surface area contributed by atoms with Crippen molar-refractivity contribution in [3.8, 4) is 0 Å². The normalized spacial score (nSPS) is 21.0. The molecule has 2 nitrogen and oxygen atoms in total. The lowest BCUT2D eigenvalue weighted by Gasteiger charge is -2.37. The van der Waals surface area contributed by atoms with Gasteiger partial charge < -0.3 is 9.80 Å². The second kappa shape index (κ2) is 6.02. The van der Waals surface area contributed by atoms with Gasteiger partial charge in [-0.25, -0.2) is 4.39 Å². The van der Waals surface area contributed by atoms with Gasteiger partial charge in [-0.15, -0.1) is 0 Å². The molecule has 1 aromatic rings. The maximum Gasteiger partial charge on any atom is 0.129 e. The van der Waals surface area contributed by atoms with Crippen LogP contribution >= 0.6 is 15.9 Å². The molecule has 0 radical (unpaired) electrons. The Morgan fingerprint density at radius 1 is 1.50 bits per heavy atom. The van der Waals surface area contributed by atoms with E-state index in [0.29, 0.717) is 11.4 Å². The maximum absolute atomic E-state index is 13.8. The lowest BCUT2D eigenvalue weighted by Crippen LogP contribution is -2.45. The Morgan fingerprint density at radius 3 is 2.94 bits per heavy atom. The Hall–Kier alpha value is -0.610. The van der Waals surface area contributed by atoms with Crippen LogP contribution in [0.15, 0.2) is 18.2 Å². The van der Waals surface area contributed by atoms with Crippen molar-refractivity contribution in [3.05, 3.63) is 29.6 Å². The van der Waals surface area contributed by atoms with Crippen LogP contribution in [0.3, 0.4) is 0 Å². The summed E-state index contributed by atoms with van der Waals surface area (Å²) in [6, 6.07) is 5.80. The molecule has 0 N–H and O–H groups in total. The average Bonchev–Trinajstić information content (AvgIpc) is 2.37. The number of halogens is 2. The van der Waals surface area contributed by atoms with Gasteiger partial charge in [0, 0.05) is 36.2 Å². The van der Waals surface area contributed by atoms with Gasteiger partial charge in [0.05, 0.1) is 0 Å². The monoisotopic (exact) mass is 314 g/mol. The summed E-state index contributed by atoms with van der Waals surface area (Å²) in [7, 11) is 4.22. The van der Waals surface area contributed by atoms with Crippen LogP contribution in [0.2, 0.25) is 0 Å². The van der Waals surface area contributed by atoms with Crippen molar-refractivity contribution in [3.63, 3.8) is 0 Å². The van der Waals surface area contributed by atoms with Gasteiger partial charge in [-0.1, -0.05) is 22.0 Å². The number of rotatable bonds is 3. The molecule has 0 aliphatic carbocycles. The summed E-state index contributed by atoms with van der Waals surface area (Å²) in [6.45, 7) is 2.22. The molecule has 2 rings (SSSR count). The van der Waals surface area contributed by atoms with Gasteiger partial charge in [0.2, 0.25) is 0 Å². The summed E-state index contributed by atoms with van der Waals surface area (Å²) >= 11 is 3.39. The minimum atomic E-state index is -0.125. The summed E-state index contributed by atoms with van der Waals surface area (Å²) in [6.07, 6.45) is 2.39. The number of likely N-dealkylation sites (N-methyl/N-ethyl adjacent to an activating group) is 2. The van der Waals surface area contributed by atoms with Crippen LogP contribution in [-0.2, 0) is 5.33 Å². The number of hydrogen-bond donors (Lipinski definition) is 0. The lowest BCUT2D eigenvalue weighted by atomic mass is 10.0. The van der Waals surface area contributed by atoms with Crippen LogP contribution in [0, 0.1) is 5.82 Å². The van der Waals surface area contributed by atoms with E-state index in [1.54, 1.807) is 6.07 Å². The molecule has 1 heterocycles. The van der Waals surface area contributed by atoms with Crippen LogP contribution in [-0.4, -0.2) is 38.1 Å². The highest BCUT2D eigenvalue weighted by atomic mass is 79.9. The molecule has 1 saturated heterocycles. The molecule has 1 atom stereocenters. The third-order valence-corrected chi connectivity index (χ3v) is 4.32. The first-order chi connectivity index (χ1) is 8.63. The third kappa shape index (κ3) is 2.86. The number of anilines is 1. The van der Waals surface area contributed by atoms with E-state index in [-0.39, 0.29) is 5.82 Å². The van der Waals surface area contributed by atoms with Gasteiger partial charge in [0.1, 0.15) is 5.82 Å². The predicted octanol–water partition coefficient (Wildman–Crippen LogP) is 3.25. The van der Waals surface area contributed by atoms with Crippen LogP contribution < -0.4 is 4.90 Å². The summed E-state index contributed by atoms with van der Waals surface area (Å²) < 4.78 is 13.8. The zero-order valence-electron chi connectivity index (χ0n) is 11.0. The van der Waals surface area contributed by atoms with Gasteiger partial charge in [0.25, 0.3) is 0 Å². The largest absolute Gasteiger partial charge is 0.370 e. The summed E-state index contributed by atoms with van der Waals surface area (Å²) in [5, 5.41) is 0.557. The van der Waals surface area contributed by atoms with E-state index in [0.717, 1.165) is 17.8 Å². The minimum Gasteiger partial charge on any atom is -0.370 e. The molecule has 0 aromatic heterocycles. The quantitative estimate of drug-likeness (QED) is 0.790. The van der Waals surface area contributed by atoms with E-state index in [9.17, 15) is 4.39 Å². The van der Waals surface area contributed by atoms with Crippen LogP contribution in [0.25, 0.3) is 0 Å². The highest BCUT2D eigenvalue weighted by Crippen LogP contribution is 2.28. The number of hydrogen-bond acceptors (Lipinski definition) is 2. The molecule has 0 bridgehead atoms. The number of piperidine rings is 1. The summed E-state index contributed by atoms with van der Waals surface area (Å²) in [5.74, 6) is -0.125. The van der Waals surface area contributed by atoms with Crippen molar-refractivity contribution >= 4 is 21.6 Å². The van der Waals surface area contributed by atoms with E-state index < -0.39 is 0 Å². The molecular formula is C14H20BrFN2. The molecule has 1 fully saturated rings. The van der Waals surface area contributed by atoms with Crippen molar-refractivity contribution in [1.29, 1.82) is 0 Å². The van der Waals surface area contributed by atoms with Gasteiger partial charge in [-0.05, 0) is 38.6 Å². The predicted molar refractivity (Wildman–Crippen MR) is 78.0 cm³/mol. The molecule has 1 unspecified atom stereocenters. The van der Waals surface area contributed by atoms with E-state index in [1.165, 1.54) is 25.5 Å². The van der Waals surface area contributed by atoms with E-state index in [1.807, 2.05) is 6.07 Å². The number of alkyl halides is 1. The fourth-order valence-corrected chi connectivity index (χ4v) is 3.22. The molecule has 100 valence electrons. The molecule has 0 spiro atoms. The zero-order chi connectivity index (χ0) is 13.1. The van der Waals surface area contributed by atoms with Crippen molar-refractivity contribution in [2.24, 2.45) is 0 Å². The third-order valence-electron chi connectivity index (χ3n) is 3.76. The van der Waals surface area contributed by atoms with E-state index in [4.69, 9.17) is 0 Å². The zero-order valence-corrected chi connectivity index (χ0v) is 12.6. The van der Waals surface area contributed by atoms with E-state index in [2.05, 4.69) is 39.8 Å². The summed E-state index contributed by atoms with van der Waals surface area (Å²) in [4.78, 5) is 4.58. The SMILES string of the molecule is CN1CCCC(N(C)c2cccc(F)c2CBr)C1. The highest BCUT2D eigenvalue weighted by Gasteiger charge is 2.23. The topological polar surface area (TPSA) is 6.48 Å². The average molecular weight is 315 g/mol. The smallest absolute Gasteiger partial charge is 0.129 e. The second-order valence-corrected chi connectivity index (χ2v) is 5.60. The molecule has 4 heteroatoms.